The van der Waals surface area contributed by atoms with E-state index in [0.29, 0.717) is 93.7 Å². The first-order chi connectivity index (χ1) is 48.0. The summed E-state index contributed by atoms with van der Waals surface area (Å²) in [5, 5.41) is 19.2. The maximum Gasteiger partial charge on any atom is 0.408 e. The molecule has 101 heavy (non-hydrogen) atoms. The minimum absolute atomic E-state index is 0.00254. The number of halogens is 9. The van der Waals surface area contributed by atoms with Crippen LogP contribution in [0.4, 0.5) is 44.3 Å². The highest BCUT2D eigenvalue weighted by atomic mass is 19.2. The molecule has 5 aromatic carbocycles. The Labute approximate surface area is 582 Å². The van der Waals surface area contributed by atoms with E-state index < -0.39 is 94.3 Å². The number of rotatable bonds is 22. The highest BCUT2D eigenvalue weighted by Crippen LogP contribution is 2.45. The predicted molar refractivity (Wildman–Crippen MR) is 359 cm³/mol. The first kappa shape index (κ1) is 77.1. The SMILES string of the molecule is CC(=O)NCCCC[C@H](NC(C)=O)C(=O)N1[C@@H]2CC[C@H]1CC([C@H](N)Cc1cc(F)c(F)cc1F)C2.CCOC(=O)N[C@H](C(=O)N1[C@@H]2CC[C@H]1CC([C@H](N)Cc1cc(F)c(F)cc1F)C2)c1ccccc1.C[C@](O)(C(=O)N1[C@@H]2CC[C@H]1CC([C@H](N)Cc1cc(F)c(F)cc1F)C2)c1ccccc1. The summed E-state index contributed by atoms with van der Waals surface area (Å²) >= 11 is 0. The molecule has 3 unspecified atom stereocenters. The highest BCUT2D eigenvalue weighted by Gasteiger charge is 2.51. The van der Waals surface area contributed by atoms with E-state index in [1.165, 1.54) is 20.8 Å². The van der Waals surface area contributed by atoms with Gasteiger partial charge in [-0.1, -0.05) is 60.7 Å². The standard InChI is InChI=1S/C26H30F3N3O3.C25H35F3N4O3.C24H27F3N2O2/c1-2-35-26(34)31-24(15-6-4-3-5-7-15)25(33)32-18-8-9-19(32)11-17(10-18)23(30)13-16-12-21(28)22(29)14-20(16)27;1-14(33)30-8-4-3-5-24(31-15(2)34)25(35)32-18-6-7-19(32)10-17(9-18)23(29)12-16-11-21(27)22(28)13-20(16)26;1-24(31,16-5-3-2-4-6-16)23(30)29-17-7-8-18(29)10-15(9-17)22(28)12-14-11-20(26)21(27)13-19(14)25/h3-7,12,14,17-19,23-24H,2,8-11,13,30H2,1H3,(H,31,34);11,13,17-19,23-24H,3-10,12,29H2,1-2H3,(H,30,33)(H,31,34);2-6,11,13,15,17-18,22,31H,7-10,12,28H2,1H3/t2*17?,18-,19+,23-,24+;15?,17-,18+,22-,24-/m111/s1. The fourth-order valence-corrected chi connectivity index (χ4v) is 16.1. The largest absolute Gasteiger partial charge is 0.450 e. The fourth-order valence-electron chi connectivity index (χ4n) is 16.1. The Balaban J connectivity index is 0.000000177. The number of benzene rings is 5. The lowest BCUT2D eigenvalue weighted by atomic mass is 9.81. The Morgan fingerprint density at radius 1 is 0.505 bits per heavy atom. The van der Waals surface area contributed by atoms with Crippen LogP contribution in [0.3, 0.4) is 0 Å². The molecular weight excluding hydrogens is 1330 g/mol. The predicted octanol–water partition coefficient (Wildman–Crippen LogP) is 10.4. The van der Waals surface area contributed by atoms with Crippen molar-refractivity contribution < 1.29 is 78.1 Å². The minimum Gasteiger partial charge on any atom is -0.450 e. The van der Waals surface area contributed by atoms with Gasteiger partial charge >= 0.3 is 6.09 Å². The summed E-state index contributed by atoms with van der Waals surface area (Å²) in [5.41, 5.74) is 18.9. The van der Waals surface area contributed by atoms with Gasteiger partial charge in [0.2, 0.25) is 23.6 Å². The van der Waals surface area contributed by atoms with Crippen LogP contribution in [-0.2, 0) is 53.6 Å². The Morgan fingerprint density at radius 3 is 1.25 bits per heavy atom. The highest BCUT2D eigenvalue weighted by molar-refractivity contribution is 5.89. The zero-order valence-electron chi connectivity index (χ0n) is 57.2. The molecule has 6 aliphatic rings. The molecule has 6 saturated heterocycles. The molecule has 10 N–H and O–H groups in total. The second-order valence-electron chi connectivity index (χ2n) is 28.1. The second-order valence-corrected chi connectivity index (χ2v) is 28.1. The van der Waals surface area contributed by atoms with Crippen LogP contribution in [0, 0.1) is 70.1 Å². The molecule has 11 rings (SSSR count). The molecule has 0 aromatic heterocycles. The van der Waals surface area contributed by atoms with E-state index in [9.17, 15) is 73.4 Å². The van der Waals surface area contributed by atoms with Crippen molar-refractivity contribution in [3.05, 3.63) is 177 Å². The van der Waals surface area contributed by atoms with Crippen molar-refractivity contribution in [3.63, 3.8) is 0 Å². The van der Waals surface area contributed by atoms with Crippen LogP contribution < -0.4 is 33.2 Å². The van der Waals surface area contributed by atoms with Crippen LogP contribution in [0.1, 0.15) is 158 Å². The van der Waals surface area contributed by atoms with Crippen LogP contribution in [0.15, 0.2) is 97.1 Å². The number of nitrogens with one attached hydrogen (secondary N) is 3. The van der Waals surface area contributed by atoms with E-state index in [-0.39, 0.29) is 126 Å². The molecule has 26 heteroatoms. The number of carbonyl (C=O) groups is 6. The average Bonchev–Trinajstić information content (AvgIpc) is 1.68. The number of fused-ring (bicyclic) bond motifs is 6. The lowest BCUT2D eigenvalue weighted by Gasteiger charge is -2.43. The quantitative estimate of drug-likeness (QED) is 0.0195. The van der Waals surface area contributed by atoms with Gasteiger partial charge < -0.3 is 57.7 Å². The number of hydrogen-bond acceptors (Lipinski definition) is 11. The van der Waals surface area contributed by atoms with Gasteiger partial charge in [-0.25, -0.2) is 44.3 Å². The average molecular weight is 1420 g/mol. The first-order valence-corrected chi connectivity index (χ1v) is 34.9. The van der Waals surface area contributed by atoms with E-state index in [2.05, 4.69) is 16.0 Å². The van der Waals surface area contributed by atoms with E-state index in [1.807, 2.05) is 21.9 Å². The van der Waals surface area contributed by atoms with E-state index in [0.717, 1.165) is 56.7 Å². The number of carbonyl (C=O) groups excluding carboxylic acids is 6. The number of aliphatic hydroxyl groups is 1. The maximum absolute atomic E-state index is 14.1. The summed E-state index contributed by atoms with van der Waals surface area (Å²) in [6.07, 6.45) is 10.2. The van der Waals surface area contributed by atoms with E-state index in [4.69, 9.17) is 21.9 Å². The van der Waals surface area contributed by atoms with Crippen molar-refractivity contribution in [3.8, 4) is 0 Å². The van der Waals surface area contributed by atoms with Crippen molar-refractivity contribution in [1.82, 2.24) is 30.7 Å². The van der Waals surface area contributed by atoms with E-state index >= 15 is 0 Å². The number of unbranched alkanes of at least 4 members (excludes halogenated alkanes) is 1. The van der Waals surface area contributed by atoms with Gasteiger partial charge in [0.15, 0.2) is 40.5 Å². The Hall–Kier alpha value is -8.07. The zero-order chi connectivity index (χ0) is 73.1. The van der Waals surface area contributed by atoms with Crippen LogP contribution in [0.25, 0.3) is 0 Å². The Morgan fingerprint density at radius 2 is 0.871 bits per heavy atom. The number of nitrogens with two attached hydrogens (primary N) is 3. The number of nitrogens with zero attached hydrogens (tertiary/aromatic N) is 3. The molecule has 6 bridgehead atoms. The van der Waals surface area contributed by atoms with Crippen LogP contribution in [-0.4, -0.2) is 129 Å². The molecule has 6 heterocycles. The van der Waals surface area contributed by atoms with Crippen molar-refractivity contribution in [1.29, 1.82) is 0 Å². The van der Waals surface area contributed by atoms with Crippen molar-refractivity contribution in [2.24, 2.45) is 35.0 Å². The summed E-state index contributed by atoms with van der Waals surface area (Å²) in [5.74, 6) is -10.4. The van der Waals surface area contributed by atoms with Gasteiger partial charge in [0.05, 0.1) is 6.61 Å². The third-order valence-electron chi connectivity index (χ3n) is 21.1. The second kappa shape index (κ2) is 34.3. The number of piperidine rings is 3. The maximum atomic E-state index is 14.1. The molecule has 6 fully saturated rings. The molecule has 6 aliphatic heterocycles. The van der Waals surface area contributed by atoms with Crippen molar-refractivity contribution in [2.75, 3.05) is 13.2 Å². The summed E-state index contributed by atoms with van der Waals surface area (Å²) < 4.78 is 128. The minimum atomic E-state index is -1.62. The molecule has 0 radical (unpaired) electrons. The number of amides is 6. The summed E-state index contributed by atoms with van der Waals surface area (Å²) in [7, 11) is 0. The molecule has 548 valence electrons. The van der Waals surface area contributed by atoms with Gasteiger partial charge in [0, 0.05) is 93.0 Å². The summed E-state index contributed by atoms with van der Waals surface area (Å²) in [6, 6.07) is 19.0. The normalized spacial score (nSPS) is 23.9. The number of hydrogen-bond donors (Lipinski definition) is 7. The molecule has 17 nitrogen and oxygen atoms in total. The van der Waals surface area contributed by atoms with Gasteiger partial charge in [0.1, 0.15) is 29.5 Å². The number of alkyl carbamates (subject to hydrolysis) is 1. The molecule has 5 aromatic rings. The monoisotopic (exact) mass is 1420 g/mol. The lowest BCUT2D eigenvalue weighted by molar-refractivity contribution is -0.156. The summed E-state index contributed by atoms with van der Waals surface area (Å²) in [6.45, 7) is 6.75. The van der Waals surface area contributed by atoms with Gasteiger partial charge in [-0.15, -0.1) is 0 Å². The molecule has 0 spiro atoms. The Bertz CT molecular complexity index is 3690. The summed E-state index contributed by atoms with van der Waals surface area (Å²) in [4.78, 5) is 80.9. The van der Waals surface area contributed by atoms with E-state index in [1.54, 1.807) is 60.4 Å². The topological polar surface area (TPSA) is 256 Å². The van der Waals surface area contributed by atoms with Crippen LogP contribution in [0.5, 0.6) is 0 Å². The van der Waals surface area contributed by atoms with Crippen LogP contribution in [0.2, 0.25) is 0 Å². The molecular formula is C75H92F9N9O8. The zero-order valence-corrected chi connectivity index (χ0v) is 57.2. The van der Waals surface area contributed by atoms with Crippen molar-refractivity contribution in [2.45, 2.75) is 215 Å². The van der Waals surface area contributed by atoms with Crippen molar-refractivity contribution >= 4 is 35.6 Å². The molecule has 15 atom stereocenters. The smallest absolute Gasteiger partial charge is 0.408 e. The molecule has 0 saturated carbocycles. The third kappa shape index (κ3) is 19.0. The number of ether oxygens (including phenoxy) is 1. The Kier molecular flexibility index (Phi) is 26.2. The first-order valence-electron chi connectivity index (χ1n) is 34.9. The third-order valence-corrected chi connectivity index (χ3v) is 21.1. The van der Waals surface area contributed by atoms with Gasteiger partial charge in [-0.3, -0.25) is 24.0 Å². The van der Waals surface area contributed by atoms with Crippen LogP contribution >= 0.6 is 0 Å². The van der Waals surface area contributed by atoms with Gasteiger partial charge in [0.25, 0.3) is 5.91 Å². The lowest BCUT2D eigenvalue weighted by Crippen LogP contribution is -2.56. The van der Waals surface area contributed by atoms with Gasteiger partial charge in [-0.05, 0) is 193 Å². The fraction of sp³-hybridized carbons (Fsp3) is 0.520. The van der Waals surface area contributed by atoms with Gasteiger partial charge in [-0.2, -0.15) is 0 Å². The molecule has 0 aliphatic carbocycles. The molecule has 6 amide bonds.